The fourth-order valence-electron chi connectivity index (χ4n) is 4.04. The topological polar surface area (TPSA) is 65.1 Å². The summed E-state index contributed by atoms with van der Waals surface area (Å²) in [5.74, 6) is -5.70. The van der Waals surface area contributed by atoms with E-state index >= 15 is 0 Å². The lowest BCUT2D eigenvalue weighted by Gasteiger charge is -2.29. The third kappa shape index (κ3) is 4.16. The molecule has 1 saturated heterocycles. The second-order valence-electron chi connectivity index (χ2n) is 7.72. The smallest absolute Gasteiger partial charge is 0.338 e. The highest BCUT2D eigenvalue weighted by molar-refractivity contribution is 5.89. The molecule has 28 heavy (non-hydrogen) atoms. The van der Waals surface area contributed by atoms with Gasteiger partial charge in [-0.25, -0.2) is 18.0 Å². The Kier molecular flexibility index (Phi) is 5.31. The lowest BCUT2D eigenvalue weighted by molar-refractivity contribution is -0.157. The van der Waals surface area contributed by atoms with Gasteiger partial charge in [0.1, 0.15) is 12.2 Å². The Hall–Kier alpha value is -2.09. The minimum absolute atomic E-state index is 0.109. The molecule has 0 N–H and O–H groups in total. The molecule has 5 nitrogen and oxygen atoms in total. The molecule has 3 unspecified atom stereocenters. The van der Waals surface area contributed by atoms with Crippen LogP contribution < -0.4 is 0 Å². The van der Waals surface area contributed by atoms with Gasteiger partial charge in [-0.2, -0.15) is 0 Å². The Bertz CT molecular complexity index is 752. The van der Waals surface area contributed by atoms with Crippen molar-refractivity contribution in [2.45, 2.75) is 69.4 Å². The Morgan fingerprint density at radius 3 is 2.07 bits per heavy atom. The predicted molar refractivity (Wildman–Crippen MR) is 89.9 cm³/mol. The zero-order chi connectivity index (χ0) is 19.8. The summed E-state index contributed by atoms with van der Waals surface area (Å²) in [6, 6.07) is 1.24. The molecule has 1 aliphatic heterocycles. The molecule has 8 heteroatoms. The maximum Gasteiger partial charge on any atom is 0.338 e. The average molecular weight is 398 g/mol. The Balaban J connectivity index is 1.24. The monoisotopic (exact) mass is 398 g/mol. The van der Waals surface area contributed by atoms with E-state index in [-0.39, 0.29) is 29.7 Å². The maximum atomic E-state index is 13.3. The van der Waals surface area contributed by atoms with Crippen LogP contribution in [-0.2, 0) is 19.0 Å². The predicted octanol–water partition coefficient (Wildman–Crippen LogP) is 3.68. The molecule has 1 aromatic rings. The summed E-state index contributed by atoms with van der Waals surface area (Å²) in [6.45, 7) is 0. The highest BCUT2D eigenvalue weighted by Crippen LogP contribution is 2.40. The summed E-state index contributed by atoms with van der Waals surface area (Å²) in [5.41, 5.74) is -0.372. The molecular formula is C20H21F3O5. The molecule has 0 amide bonds. The fraction of sp³-hybridized carbons (Fsp3) is 0.600. The van der Waals surface area contributed by atoms with Gasteiger partial charge in [-0.05, 0) is 57.1 Å². The normalized spacial score (nSPS) is 31.6. The third-order valence-corrected chi connectivity index (χ3v) is 5.73. The first kappa shape index (κ1) is 19.2. The van der Waals surface area contributed by atoms with E-state index in [0.29, 0.717) is 43.9 Å². The minimum atomic E-state index is -1.62. The number of rotatable bonds is 4. The number of halogens is 3. The highest BCUT2D eigenvalue weighted by Gasteiger charge is 2.46. The van der Waals surface area contributed by atoms with Gasteiger partial charge in [0.05, 0.1) is 23.7 Å². The van der Waals surface area contributed by atoms with Crippen molar-refractivity contribution in [2.75, 3.05) is 0 Å². The van der Waals surface area contributed by atoms with Gasteiger partial charge in [-0.3, -0.25) is 4.79 Å². The van der Waals surface area contributed by atoms with Crippen LogP contribution in [0.15, 0.2) is 12.1 Å². The first-order chi connectivity index (χ1) is 13.4. The van der Waals surface area contributed by atoms with Gasteiger partial charge in [0.25, 0.3) is 0 Å². The molecule has 3 aliphatic rings. The van der Waals surface area contributed by atoms with E-state index in [4.69, 9.17) is 14.2 Å². The summed E-state index contributed by atoms with van der Waals surface area (Å²) < 4.78 is 55.8. The molecule has 2 aliphatic carbocycles. The first-order valence-corrected chi connectivity index (χ1v) is 9.62. The second kappa shape index (κ2) is 7.73. The Labute approximate surface area is 160 Å². The molecule has 3 fully saturated rings. The van der Waals surface area contributed by atoms with E-state index in [9.17, 15) is 22.8 Å². The van der Waals surface area contributed by atoms with Crippen molar-refractivity contribution in [1.29, 1.82) is 0 Å². The van der Waals surface area contributed by atoms with Crippen molar-refractivity contribution >= 4 is 11.9 Å². The number of esters is 2. The van der Waals surface area contributed by atoms with Gasteiger partial charge in [0.15, 0.2) is 17.5 Å². The number of benzene rings is 1. The number of carbonyl (C=O) groups excluding carboxylic acids is 2. The lowest BCUT2D eigenvalue weighted by Crippen LogP contribution is -2.32. The molecule has 1 heterocycles. The summed E-state index contributed by atoms with van der Waals surface area (Å²) in [7, 11) is 0. The van der Waals surface area contributed by atoms with E-state index in [1.54, 1.807) is 0 Å². The van der Waals surface area contributed by atoms with Gasteiger partial charge in [0, 0.05) is 0 Å². The van der Waals surface area contributed by atoms with Crippen LogP contribution in [0.25, 0.3) is 0 Å². The van der Waals surface area contributed by atoms with Crippen molar-refractivity contribution in [2.24, 2.45) is 5.92 Å². The van der Waals surface area contributed by atoms with Crippen molar-refractivity contribution < 1.29 is 37.0 Å². The molecule has 0 aromatic heterocycles. The largest absolute Gasteiger partial charge is 0.462 e. The number of ether oxygens (including phenoxy) is 3. The molecular weight excluding hydrogens is 377 g/mol. The van der Waals surface area contributed by atoms with Crippen LogP contribution in [0, 0.1) is 23.4 Å². The number of hydrogen-bond acceptors (Lipinski definition) is 5. The van der Waals surface area contributed by atoms with Gasteiger partial charge < -0.3 is 14.2 Å². The summed E-state index contributed by atoms with van der Waals surface area (Å²) in [5, 5.41) is 0. The Morgan fingerprint density at radius 1 is 0.857 bits per heavy atom. The molecule has 4 rings (SSSR count). The molecule has 0 radical (unpaired) electrons. The SMILES string of the molecule is O=C(OC1CCC(OC(=O)C2CCC3OC3C2)CC1)c1cc(F)c(F)c(F)c1. The van der Waals surface area contributed by atoms with Crippen molar-refractivity contribution in [1.82, 2.24) is 0 Å². The van der Waals surface area contributed by atoms with Gasteiger partial charge in [-0.15, -0.1) is 0 Å². The number of epoxide rings is 1. The number of hydrogen-bond donors (Lipinski definition) is 0. The van der Waals surface area contributed by atoms with Crippen LogP contribution in [0.3, 0.4) is 0 Å². The molecule has 3 atom stereocenters. The molecule has 1 aromatic carbocycles. The van der Waals surface area contributed by atoms with E-state index in [0.717, 1.165) is 19.3 Å². The Morgan fingerprint density at radius 2 is 1.46 bits per heavy atom. The quantitative estimate of drug-likeness (QED) is 0.440. The van der Waals surface area contributed by atoms with E-state index in [1.807, 2.05) is 0 Å². The van der Waals surface area contributed by atoms with Crippen molar-refractivity contribution in [3.63, 3.8) is 0 Å². The second-order valence-corrected chi connectivity index (χ2v) is 7.72. The standard InChI is InChI=1S/C20H21F3O5/c21-14-7-11(8-15(22)18(14)23)20(25)27-13-4-2-12(3-5-13)26-19(24)10-1-6-16-17(9-10)28-16/h7-8,10,12-13,16-17H,1-6,9H2. The van der Waals surface area contributed by atoms with Crippen LogP contribution in [0.4, 0.5) is 13.2 Å². The molecule has 0 spiro atoms. The van der Waals surface area contributed by atoms with Crippen molar-refractivity contribution in [3.8, 4) is 0 Å². The maximum absolute atomic E-state index is 13.3. The molecule has 152 valence electrons. The molecule has 2 saturated carbocycles. The van der Waals surface area contributed by atoms with Crippen LogP contribution in [0.1, 0.15) is 55.3 Å². The van der Waals surface area contributed by atoms with Crippen LogP contribution in [0.5, 0.6) is 0 Å². The van der Waals surface area contributed by atoms with Gasteiger partial charge in [0.2, 0.25) is 0 Å². The van der Waals surface area contributed by atoms with Crippen LogP contribution in [0.2, 0.25) is 0 Å². The zero-order valence-electron chi connectivity index (χ0n) is 15.2. The zero-order valence-corrected chi connectivity index (χ0v) is 15.2. The summed E-state index contributed by atoms with van der Waals surface area (Å²) in [4.78, 5) is 24.4. The lowest BCUT2D eigenvalue weighted by atomic mass is 9.89. The minimum Gasteiger partial charge on any atom is -0.462 e. The van der Waals surface area contributed by atoms with Gasteiger partial charge >= 0.3 is 11.9 Å². The van der Waals surface area contributed by atoms with E-state index in [1.165, 1.54) is 0 Å². The van der Waals surface area contributed by atoms with Crippen molar-refractivity contribution in [3.05, 3.63) is 35.1 Å². The number of carbonyl (C=O) groups is 2. The van der Waals surface area contributed by atoms with Crippen LogP contribution >= 0.6 is 0 Å². The van der Waals surface area contributed by atoms with E-state index < -0.39 is 29.5 Å². The summed E-state index contributed by atoms with van der Waals surface area (Å²) >= 11 is 0. The average Bonchev–Trinajstić information content (AvgIpc) is 3.46. The molecule has 0 bridgehead atoms. The van der Waals surface area contributed by atoms with Crippen LogP contribution in [-0.4, -0.2) is 36.4 Å². The van der Waals surface area contributed by atoms with Gasteiger partial charge in [-0.1, -0.05) is 0 Å². The summed E-state index contributed by atoms with van der Waals surface area (Å²) in [6.07, 6.45) is 4.35. The highest BCUT2D eigenvalue weighted by atomic mass is 19.2. The first-order valence-electron chi connectivity index (χ1n) is 9.62. The number of fused-ring (bicyclic) bond motifs is 1. The van der Waals surface area contributed by atoms with E-state index in [2.05, 4.69) is 0 Å². The third-order valence-electron chi connectivity index (χ3n) is 5.73. The fourth-order valence-corrected chi connectivity index (χ4v) is 4.04.